The van der Waals surface area contributed by atoms with Crippen molar-refractivity contribution in [3.63, 3.8) is 0 Å². The molecule has 0 aliphatic rings. The van der Waals surface area contributed by atoms with E-state index in [1.807, 2.05) is 20.8 Å². The Balaban J connectivity index is 1.93. The van der Waals surface area contributed by atoms with Crippen LogP contribution in [0.15, 0.2) is 35.2 Å². The topological polar surface area (TPSA) is 138 Å². The van der Waals surface area contributed by atoms with E-state index in [2.05, 4.69) is 10.2 Å². The lowest BCUT2D eigenvalue weighted by Crippen LogP contribution is -2.14. The number of fused-ring (bicyclic) bond motifs is 1. The summed E-state index contributed by atoms with van der Waals surface area (Å²) in [5.74, 6) is -0.0871. The van der Waals surface area contributed by atoms with Crippen LogP contribution >= 0.6 is 0 Å². The minimum absolute atomic E-state index is 0.0165. The third kappa shape index (κ3) is 7.28. The summed E-state index contributed by atoms with van der Waals surface area (Å²) in [5, 5.41) is 20.0. The smallest absolute Gasteiger partial charge is 0.302 e. The van der Waals surface area contributed by atoms with Gasteiger partial charge in [0.05, 0.1) is 23.9 Å². The van der Waals surface area contributed by atoms with Gasteiger partial charge in [-0.05, 0) is 43.0 Å². The van der Waals surface area contributed by atoms with Gasteiger partial charge in [-0.2, -0.15) is 0 Å². The van der Waals surface area contributed by atoms with E-state index in [0.29, 0.717) is 35.4 Å². The molecule has 1 heterocycles. The molecule has 0 radical (unpaired) electrons. The second kappa shape index (κ2) is 11.3. The molecule has 0 amide bonds. The molecular weight excluding hydrogens is 498 g/mol. The second-order valence-electron chi connectivity index (χ2n) is 9.90. The van der Waals surface area contributed by atoms with Crippen LogP contribution in [0.2, 0.25) is 0 Å². The Bertz CT molecular complexity index is 1410. The normalized spacial score (nSPS) is 12.0. The van der Waals surface area contributed by atoms with Gasteiger partial charge in [-0.3, -0.25) is 4.79 Å². The molecule has 37 heavy (non-hydrogen) atoms. The fraction of sp³-hybridized carbons (Fsp3) is 0.462. The highest BCUT2D eigenvalue weighted by atomic mass is 32.2. The van der Waals surface area contributed by atoms with Crippen molar-refractivity contribution in [3.05, 3.63) is 35.9 Å². The number of Topliss-reactive ketones (excluding diaryl/α,β-unsaturated/α-hetero) is 1. The Kier molecular flexibility index (Phi) is 8.57. The predicted molar refractivity (Wildman–Crippen MR) is 138 cm³/mol. The van der Waals surface area contributed by atoms with E-state index >= 15 is 0 Å². The van der Waals surface area contributed by atoms with Crippen LogP contribution in [0, 0.1) is 0 Å². The number of benzene rings is 2. The van der Waals surface area contributed by atoms with Crippen molar-refractivity contribution in [3.8, 4) is 17.2 Å². The molecule has 3 aromatic rings. The van der Waals surface area contributed by atoms with Crippen LogP contribution in [0.25, 0.3) is 16.7 Å². The highest BCUT2D eigenvalue weighted by Crippen LogP contribution is 2.38. The van der Waals surface area contributed by atoms with E-state index in [-0.39, 0.29) is 53.3 Å². The number of esters is 1. The maximum absolute atomic E-state index is 12.7. The lowest BCUT2D eigenvalue weighted by Gasteiger charge is -2.23. The van der Waals surface area contributed by atoms with Crippen molar-refractivity contribution < 1.29 is 32.6 Å². The number of hydrogen-bond acceptors (Lipinski definition) is 9. The van der Waals surface area contributed by atoms with Gasteiger partial charge in [-0.1, -0.05) is 20.8 Å². The predicted octanol–water partition coefficient (Wildman–Crippen LogP) is 3.90. The van der Waals surface area contributed by atoms with Crippen LogP contribution in [-0.2, 0) is 29.6 Å². The molecule has 0 spiro atoms. The molecular formula is C26H33N3O7S. The Labute approximate surface area is 216 Å². The summed E-state index contributed by atoms with van der Waals surface area (Å²) in [6.45, 7) is 9.15. The Morgan fingerprint density at radius 3 is 2.35 bits per heavy atom. The zero-order chi connectivity index (χ0) is 27.4. The maximum atomic E-state index is 12.7. The van der Waals surface area contributed by atoms with E-state index in [9.17, 15) is 23.1 Å². The quantitative estimate of drug-likeness (QED) is 0.288. The summed E-state index contributed by atoms with van der Waals surface area (Å²) in [5.41, 5.74) is 1.27. The van der Waals surface area contributed by atoms with E-state index in [4.69, 9.17) is 9.47 Å². The first kappa shape index (κ1) is 28.1. The number of ether oxygens (including phenoxy) is 2. The van der Waals surface area contributed by atoms with Crippen molar-refractivity contribution in [2.24, 2.45) is 0 Å². The third-order valence-electron chi connectivity index (χ3n) is 5.60. The molecule has 0 fully saturated rings. The summed E-state index contributed by atoms with van der Waals surface area (Å²) in [4.78, 5) is 23.5. The Morgan fingerprint density at radius 1 is 1.00 bits per heavy atom. The van der Waals surface area contributed by atoms with Gasteiger partial charge in [0, 0.05) is 31.4 Å². The molecule has 200 valence electrons. The zero-order valence-electron chi connectivity index (χ0n) is 21.8. The number of phenols is 1. The number of aromatic nitrogens is 3. The van der Waals surface area contributed by atoms with Gasteiger partial charge >= 0.3 is 5.97 Å². The molecule has 10 nitrogen and oxygen atoms in total. The molecule has 1 N–H and O–H groups in total. The summed E-state index contributed by atoms with van der Waals surface area (Å²) >= 11 is 0. The molecule has 0 bridgehead atoms. The van der Waals surface area contributed by atoms with E-state index in [1.165, 1.54) is 30.8 Å². The summed E-state index contributed by atoms with van der Waals surface area (Å²) < 4.78 is 36.2. The van der Waals surface area contributed by atoms with Crippen molar-refractivity contribution in [2.75, 3.05) is 19.0 Å². The molecule has 0 aliphatic heterocycles. The minimum atomic E-state index is -3.59. The number of carbonyl (C=O) groups excluding carboxylic acids is 2. The first-order valence-corrected chi connectivity index (χ1v) is 13.7. The Hall–Kier alpha value is -3.47. The average molecular weight is 532 g/mol. The molecule has 0 saturated heterocycles. The second-order valence-corrected chi connectivity index (χ2v) is 12.0. The van der Waals surface area contributed by atoms with Gasteiger partial charge in [-0.25, -0.2) is 8.42 Å². The van der Waals surface area contributed by atoms with E-state index in [0.717, 1.165) is 0 Å². The lowest BCUT2D eigenvalue weighted by atomic mass is 9.86. The van der Waals surface area contributed by atoms with Crippen molar-refractivity contribution in [2.45, 2.75) is 64.2 Å². The maximum Gasteiger partial charge on any atom is 0.302 e. The first-order chi connectivity index (χ1) is 17.3. The first-order valence-electron chi connectivity index (χ1n) is 12.0. The average Bonchev–Trinajstić information content (AvgIpc) is 3.21. The number of sulfone groups is 1. The van der Waals surface area contributed by atoms with Crippen LogP contribution < -0.4 is 4.74 Å². The minimum Gasteiger partial charge on any atom is -0.505 e. The number of ketones is 1. The van der Waals surface area contributed by atoms with Crippen molar-refractivity contribution >= 4 is 32.6 Å². The third-order valence-corrected chi connectivity index (χ3v) is 7.40. The molecule has 0 aliphatic carbocycles. The van der Waals surface area contributed by atoms with Gasteiger partial charge < -0.3 is 19.4 Å². The molecule has 0 atom stereocenters. The van der Waals surface area contributed by atoms with E-state index in [1.54, 1.807) is 18.2 Å². The summed E-state index contributed by atoms with van der Waals surface area (Å²) in [6, 6.07) is 7.83. The highest BCUT2D eigenvalue weighted by molar-refractivity contribution is 7.91. The Morgan fingerprint density at radius 2 is 1.70 bits per heavy atom. The van der Waals surface area contributed by atoms with E-state index < -0.39 is 15.3 Å². The molecule has 3 rings (SSSR count). The van der Waals surface area contributed by atoms with Gasteiger partial charge in [0.25, 0.3) is 0 Å². The molecule has 1 aromatic heterocycles. The zero-order valence-corrected chi connectivity index (χ0v) is 22.6. The molecule has 0 saturated carbocycles. The highest BCUT2D eigenvalue weighted by Gasteiger charge is 2.24. The van der Waals surface area contributed by atoms with Gasteiger partial charge in [-0.15, -0.1) is 15.0 Å². The van der Waals surface area contributed by atoms with Crippen LogP contribution in [0.1, 0.15) is 59.4 Å². The standard InChI is InChI=1S/C26H33N3O7S/c1-17(30)8-6-13-37(33,34)20-9-10-22-23(16-20)28-29(27-22)24-15-19(36-12-7-11-35-18(2)31)14-21(25(24)32)26(3,4)5/h9-10,14-16,32H,6-8,11-13H2,1-5H3. The van der Waals surface area contributed by atoms with Crippen LogP contribution in [-0.4, -0.2) is 59.2 Å². The summed E-state index contributed by atoms with van der Waals surface area (Å²) in [7, 11) is -3.59. The fourth-order valence-corrected chi connectivity index (χ4v) is 5.02. The number of carbonyl (C=O) groups is 2. The van der Waals surface area contributed by atoms with Gasteiger partial charge in [0.1, 0.15) is 34.0 Å². The van der Waals surface area contributed by atoms with Gasteiger partial charge in [0.2, 0.25) is 0 Å². The summed E-state index contributed by atoms with van der Waals surface area (Å²) in [6.07, 6.45) is 0.947. The van der Waals surface area contributed by atoms with Crippen LogP contribution in [0.4, 0.5) is 0 Å². The number of nitrogens with zero attached hydrogens (tertiary/aromatic N) is 3. The van der Waals surface area contributed by atoms with Crippen molar-refractivity contribution in [1.82, 2.24) is 15.0 Å². The number of aromatic hydroxyl groups is 1. The SMILES string of the molecule is CC(=O)CCCS(=O)(=O)c1ccc2nn(-c3cc(OCCCOC(C)=O)cc(C(C)(C)C)c3O)nc2c1. The number of phenolic OH excluding ortho intramolecular Hbond substituents is 1. The van der Waals surface area contributed by atoms with Crippen molar-refractivity contribution in [1.29, 1.82) is 0 Å². The van der Waals surface area contributed by atoms with Gasteiger partial charge in [0.15, 0.2) is 9.84 Å². The molecule has 11 heteroatoms. The molecule has 0 unspecified atom stereocenters. The number of hydrogen-bond donors (Lipinski definition) is 1. The lowest BCUT2D eigenvalue weighted by molar-refractivity contribution is -0.141. The largest absolute Gasteiger partial charge is 0.505 e. The molecule has 2 aromatic carbocycles. The van der Waals surface area contributed by atoms with Crippen LogP contribution in [0.3, 0.4) is 0 Å². The number of rotatable bonds is 11. The van der Waals surface area contributed by atoms with Crippen LogP contribution in [0.5, 0.6) is 11.5 Å². The fourth-order valence-electron chi connectivity index (χ4n) is 3.69. The monoisotopic (exact) mass is 531 g/mol.